The SMILES string of the molecule is O=C(Cc1cccs1)Nc1ccccc1S. The standard InChI is InChI=1S/C12H11NOS2/c14-12(8-9-4-3-7-16-9)13-10-5-1-2-6-11(10)15/h1-7,15H,8H2,(H,13,14). The molecular weight excluding hydrogens is 238 g/mol. The van der Waals surface area contributed by atoms with E-state index in [2.05, 4.69) is 17.9 Å². The van der Waals surface area contributed by atoms with Crippen molar-refractivity contribution in [3.05, 3.63) is 46.7 Å². The Hall–Kier alpha value is -1.26. The van der Waals surface area contributed by atoms with Gasteiger partial charge in [-0.25, -0.2) is 0 Å². The van der Waals surface area contributed by atoms with Crippen LogP contribution < -0.4 is 5.32 Å². The molecule has 0 bridgehead atoms. The van der Waals surface area contributed by atoms with Gasteiger partial charge in [0, 0.05) is 9.77 Å². The molecule has 0 aliphatic rings. The quantitative estimate of drug-likeness (QED) is 0.804. The number of carbonyl (C=O) groups excluding carboxylic acids is 1. The Morgan fingerprint density at radius 2 is 2.06 bits per heavy atom. The summed E-state index contributed by atoms with van der Waals surface area (Å²) >= 11 is 5.86. The number of thiol groups is 1. The normalized spacial score (nSPS) is 10.1. The molecule has 0 saturated heterocycles. The van der Waals surface area contributed by atoms with Crippen LogP contribution in [0.4, 0.5) is 5.69 Å². The van der Waals surface area contributed by atoms with Gasteiger partial charge in [-0.3, -0.25) is 4.79 Å². The first-order valence-electron chi connectivity index (χ1n) is 4.86. The van der Waals surface area contributed by atoms with E-state index in [1.54, 1.807) is 11.3 Å². The first-order chi connectivity index (χ1) is 7.75. The van der Waals surface area contributed by atoms with Crippen molar-refractivity contribution in [2.45, 2.75) is 11.3 Å². The van der Waals surface area contributed by atoms with Crippen molar-refractivity contribution >= 4 is 35.6 Å². The van der Waals surface area contributed by atoms with Crippen LogP contribution in [0.3, 0.4) is 0 Å². The largest absolute Gasteiger partial charge is 0.325 e. The Labute approximate surface area is 104 Å². The van der Waals surface area contributed by atoms with E-state index in [1.165, 1.54) is 0 Å². The molecule has 0 saturated carbocycles. The molecule has 0 atom stereocenters. The Morgan fingerprint density at radius 3 is 2.75 bits per heavy atom. The molecule has 1 aromatic carbocycles. The van der Waals surface area contributed by atoms with E-state index in [0.29, 0.717) is 6.42 Å². The van der Waals surface area contributed by atoms with Crippen molar-refractivity contribution in [1.82, 2.24) is 0 Å². The molecular formula is C12H11NOS2. The average molecular weight is 249 g/mol. The highest BCUT2D eigenvalue weighted by atomic mass is 32.1. The summed E-state index contributed by atoms with van der Waals surface area (Å²) in [4.78, 5) is 13.5. The first kappa shape index (κ1) is 11.2. The lowest BCUT2D eigenvalue weighted by atomic mass is 10.3. The Bertz CT molecular complexity index is 480. The van der Waals surface area contributed by atoms with E-state index >= 15 is 0 Å². The highest BCUT2D eigenvalue weighted by Crippen LogP contribution is 2.19. The van der Waals surface area contributed by atoms with Crippen molar-refractivity contribution in [1.29, 1.82) is 0 Å². The molecule has 4 heteroatoms. The van der Waals surface area contributed by atoms with E-state index < -0.39 is 0 Å². The van der Waals surface area contributed by atoms with Crippen LogP contribution in [0.2, 0.25) is 0 Å². The predicted molar refractivity (Wildman–Crippen MR) is 70.3 cm³/mol. The summed E-state index contributed by atoms with van der Waals surface area (Å²) < 4.78 is 0. The molecule has 82 valence electrons. The van der Waals surface area contributed by atoms with Gasteiger partial charge in [-0.1, -0.05) is 18.2 Å². The van der Waals surface area contributed by atoms with Crippen LogP contribution in [0, 0.1) is 0 Å². The van der Waals surface area contributed by atoms with Crippen LogP contribution >= 0.6 is 24.0 Å². The molecule has 2 nitrogen and oxygen atoms in total. The average Bonchev–Trinajstić information content (AvgIpc) is 2.74. The van der Waals surface area contributed by atoms with Crippen LogP contribution in [0.15, 0.2) is 46.7 Å². The van der Waals surface area contributed by atoms with E-state index in [4.69, 9.17) is 0 Å². The molecule has 0 unspecified atom stereocenters. The fourth-order valence-electron chi connectivity index (χ4n) is 1.35. The van der Waals surface area contributed by atoms with Crippen LogP contribution in [-0.2, 0) is 11.2 Å². The van der Waals surface area contributed by atoms with Crippen molar-refractivity contribution in [3.63, 3.8) is 0 Å². The molecule has 1 heterocycles. The molecule has 2 rings (SSSR count). The number of hydrogen-bond acceptors (Lipinski definition) is 3. The van der Waals surface area contributed by atoms with E-state index in [0.717, 1.165) is 15.5 Å². The molecule has 16 heavy (non-hydrogen) atoms. The lowest BCUT2D eigenvalue weighted by molar-refractivity contribution is -0.115. The van der Waals surface area contributed by atoms with Crippen LogP contribution in [0.1, 0.15) is 4.88 Å². The van der Waals surface area contributed by atoms with Crippen molar-refractivity contribution < 1.29 is 4.79 Å². The minimum Gasteiger partial charge on any atom is -0.325 e. The Kier molecular flexibility index (Phi) is 3.64. The second-order valence-corrected chi connectivity index (χ2v) is 4.84. The number of carbonyl (C=O) groups is 1. The van der Waals surface area contributed by atoms with Gasteiger partial charge < -0.3 is 5.32 Å². The number of thiophene rings is 1. The monoisotopic (exact) mass is 249 g/mol. The van der Waals surface area contributed by atoms with E-state index in [1.807, 2.05) is 41.8 Å². The fourth-order valence-corrected chi connectivity index (χ4v) is 2.27. The second-order valence-electron chi connectivity index (χ2n) is 3.32. The zero-order valence-corrected chi connectivity index (χ0v) is 10.2. The van der Waals surface area contributed by atoms with Crippen molar-refractivity contribution in [3.8, 4) is 0 Å². The maximum absolute atomic E-state index is 11.7. The van der Waals surface area contributed by atoms with Gasteiger partial charge in [0.25, 0.3) is 0 Å². The fraction of sp³-hybridized carbons (Fsp3) is 0.0833. The lowest BCUT2D eigenvalue weighted by Crippen LogP contribution is -2.13. The van der Waals surface area contributed by atoms with Gasteiger partial charge in [0.2, 0.25) is 5.91 Å². The maximum Gasteiger partial charge on any atom is 0.229 e. The highest BCUT2D eigenvalue weighted by Gasteiger charge is 2.06. The highest BCUT2D eigenvalue weighted by molar-refractivity contribution is 7.80. The summed E-state index contributed by atoms with van der Waals surface area (Å²) in [6.07, 6.45) is 0.416. The minimum atomic E-state index is -0.0102. The van der Waals surface area contributed by atoms with Crippen LogP contribution in [-0.4, -0.2) is 5.91 Å². The van der Waals surface area contributed by atoms with Gasteiger partial charge in [0.15, 0.2) is 0 Å². The molecule has 0 aliphatic carbocycles. The van der Waals surface area contributed by atoms with Gasteiger partial charge >= 0.3 is 0 Å². The summed E-state index contributed by atoms with van der Waals surface area (Å²) in [6, 6.07) is 11.4. The number of rotatable bonds is 3. The zero-order valence-electron chi connectivity index (χ0n) is 8.51. The van der Waals surface area contributed by atoms with Crippen LogP contribution in [0.5, 0.6) is 0 Å². The molecule has 0 radical (unpaired) electrons. The first-order valence-corrected chi connectivity index (χ1v) is 6.18. The molecule has 2 aromatic rings. The summed E-state index contributed by atoms with van der Waals surface area (Å²) in [5, 5.41) is 4.81. The number of anilines is 1. The zero-order chi connectivity index (χ0) is 11.4. The van der Waals surface area contributed by atoms with Gasteiger partial charge in [0.05, 0.1) is 12.1 Å². The van der Waals surface area contributed by atoms with E-state index in [-0.39, 0.29) is 5.91 Å². The number of nitrogens with one attached hydrogen (secondary N) is 1. The second kappa shape index (κ2) is 5.18. The number of para-hydroxylation sites is 1. The smallest absolute Gasteiger partial charge is 0.229 e. The third-order valence-electron chi connectivity index (χ3n) is 2.09. The third-order valence-corrected chi connectivity index (χ3v) is 3.36. The molecule has 0 fully saturated rings. The van der Waals surface area contributed by atoms with Gasteiger partial charge in [-0.2, -0.15) is 0 Å². The molecule has 1 aromatic heterocycles. The van der Waals surface area contributed by atoms with Crippen molar-refractivity contribution in [2.75, 3.05) is 5.32 Å². The summed E-state index contributed by atoms with van der Waals surface area (Å²) in [6.45, 7) is 0. The van der Waals surface area contributed by atoms with Gasteiger partial charge in [-0.05, 0) is 23.6 Å². The number of hydrogen-bond donors (Lipinski definition) is 2. The predicted octanol–water partition coefficient (Wildman–Crippen LogP) is 3.22. The number of amides is 1. The Morgan fingerprint density at radius 1 is 1.25 bits per heavy atom. The topological polar surface area (TPSA) is 29.1 Å². The number of benzene rings is 1. The molecule has 1 N–H and O–H groups in total. The third kappa shape index (κ3) is 2.87. The molecule has 0 spiro atoms. The van der Waals surface area contributed by atoms with Crippen molar-refractivity contribution in [2.24, 2.45) is 0 Å². The lowest BCUT2D eigenvalue weighted by Gasteiger charge is -2.06. The summed E-state index contributed by atoms with van der Waals surface area (Å²) in [5.41, 5.74) is 0.757. The van der Waals surface area contributed by atoms with Gasteiger partial charge in [-0.15, -0.1) is 24.0 Å². The summed E-state index contributed by atoms with van der Waals surface area (Å²) in [5.74, 6) is -0.0102. The van der Waals surface area contributed by atoms with Crippen LogP contribution in [0.25, 0.3) is 0 Å². The van der Waals surface area contributed by atoms with Gasteiger partial charge in [0.1, 0.15) is 0 Å². The van der Waals surface area contributed by atoms with E-state index in [9.17, 15) is 4.79 Å². The summed E-state index contributed by atoms with van der Waals surface area (Å²) in [7, 11) is 0. The Balaban J connectivity index is 2.00. The molecule has 0 aliphatic heterocycles. The maximum atomic E-state index is 11.7. The molecule has 1 amide bonds. The minimum absolute atomic E-state index is 0.0102.